The van der Waals surface area contributed by atoms with E-state index in [4.69, 9.17) is 0 Å². The second-order valence-electron chi connectivity index (χ2n) is 8.68. The van der Waals surface area contributed by atoms with Gasteiger partial charge in [-0.05, 0) is 17.9 Å². The molecule has 164 valence electrons. The molecule has 0 radical (unpaired) electrons. The maximum Gasteiger partial charge on any atom is 0.446 e. The number of halogens is 6. The first kappa shape index (κ1) is 22.4. The lowest BCUT2D eigenvalue weighted by atomic mass is 9.69. The molecule has 1 atom stereocenters. The summed E-state index contributed by atoms with van der Waals surface area (Å²) in [5.41, 5.74) is -5.97. The highest BCUT2D eigenvalue weighted by Gasteiger charge is 2.80. The number of carbonyl (C=O) groups is 1. The van der Waals surface area contributed by atoms with Crippen LogP contribution >= 0.6 is 0 Å². The molecule has 1 heterocycles. The Bertz CT molecular complexity index is 911. The number of ketones is 1. The number of nitrogens with zero attached hydrogens (tertiary/aromatic N) is 1. The lowest BCUT2D eigenvalue weighted by Crippen LogP contribution is -2.72. The highest BCUT2D eigenvalue weighted by Crippen LogP contribution is 2.54. The number of amidine groups is 1. The fourth-order valence-electron chi connectivity index (χ4n) is 4.51. The molecule has 1 aliphatic heterocycles. The minimum Gasteiger partial charge on any atom is -0.294 e. The number of rotatable bonds is 2. The van der Waals surface area contributed by atoms with Crippen LogP contribution in [0.4, 0.5) is 26.3 Å². The van der Waals surface area contributed by atoms with E-state index in [1.165, 1.54) is 11.5 Å². The van der Waals surface area contributed by atoms with Gasteiger partial charge in [-0.3, -0.25) is 10.1 Å². The van der Waals surface area contributed by atoms with Gasteiger partial charge in [0.05, 0.1) is 0 Å². The third-order valence-electron chi connectivity index (χ3n) is 5.77. The van der Waals surface area contributed by atoms with Crippen molar-refractivity contribution in [3.8, 4) is 0 Å². The number of carbonyl (C=O) groups excluding carboxylic acids is 1. The summed E-state index contributed by atoms with van der Waals surface area (Å²) < 4.78 is 85.7. The summed E-state index contributed by atoms with van der Waals surface area (Å²) in [7, 11) is 0. The SMILES string of the molecule is CC1=[N+]([C@H](C)c2ccccc2)C2=C(C(=O)CC(C)(C)C2)C(C(F)(F)F)(C(F)(F)F)N1. The van der Waals surface area contributed by atoms with E-state index < -0.39 is 47.1 Å². The van der Waals surface area contributed by atoms with Crippen molar-refractivity contribution >= 4 is 11.6 Å². The summed E-state index contributed by atoms with van der Waals surface area (Å²) >= 11 is 0. The zero-order chi connectivity index (χ0) is 22.7. The minimum absolute atomic E-state index is 0.0851. The predicted octanol–water partition coefficient (Wildman–Crippen LogP) is 5.29. The van der Waals surface area contributed by atoms with E-state index in [9.17, 15) is 31.1 Å². The van der Waals surface area contributed by atoms with Gasteiger partial charge in [-0.25, -0.2) is 4.58 Å². The zero-order valence-electron chi connectivity index (χ0n) is 17.0. The van der Waals surface area contributed by atoms with E-state index in [2.05, 4.69) is 0 Å². The third-order valence-corrected chi connectivity index (χ3v) is 5.77. The molecule has 0 saturated heterocycles. The Kier molecular flexibility index (Phi) is 5.11. The Morgan fingerprint density at radius 3 is 2.03 bits per heavy atom. The van der Waals surface area contributed by atoms with Gasteiger partial charge in [0.15, 0.2) is 5.78 Å². The molecule has 30 heavy (non-hydrogen) atoms. The molecule has 9 heteroatoms. The number of Topliss-reactive ketones (excluding diaryl/α,β-unsaturated/α-hetero) is 1. The maximum atomic E-state index is 14.1. The fourth-order valence-corrected chi connectivity index (χ4v) is 4.51. The highest BCUT2D eigenvalue weighted by molar-refractivity contribution is 6.01. The van der Waals surface area contributed by atoms with Crippen LogP contribution in [-0.4, -0.2) is 34.1 Å². The summed E-state index contributed by atoms with van der Waals surface area (Å²) in [5.74, 6) is -1.44. The molecule has 1 aliphatic carbocycles. The monoisotopic (exact) mass is 433 g/mol. The van der Waals surface area contributed by atoms with Crippen molar-refractivity contribution in [2.24, 2.45) is 5.41 Å². The van der Waals surface area contributed by atoms with E-state index in [0.29, 0.717) is 5.56 Å². The minimum atomic E-state index is -5.76. The average molecular weight is 433 g/mol. The maximum absolute atomic E-state index is 14.1. The molecular weight excluding hydrogens is 410 g/mol. The van der Waals surface area contributed by atoms with Crippen LogP contribution in [0.3, 0.4) is 0 Å². The summed E-state index contributed by atoms with van der Waals surface area (Å²) in [4.78, 5) is 12.8. The summed E-state index contributed by atoms with van der Waals surface area (Å²) in [6.07, 6.45) is -12.0. The van der Waals surface area contributed by atoms with Gasteiger partial charge in [-0.2, -0.15) is 26.3 Å². The van der Waals surface area contributed by atoms with Crippen LogP contribution in [-0.2, 0) is 4.79 Å². The van der Waals surface area contributed by atoms with Crippen LogP contribution in [0.15, 0.2) is 41.6 Å². The smallest absolute Gasteiger partial charge is 0.294 e. The van der Waals surface area contributed by atoms with Crippen molar-refractivity contribution in [1.82, 2.24) is 5.32 Å². The first-order valence-corrected chi connectivity index (χ1v) is 9.48. The molecule has 0 unspecified atom stereocenters. The molecule has 3 nitrogen and oxygen atoms in total. The summed E-state index contributed by atoms with van der Waals surface area (Å²) in [6.45, 7) is 6.20. The van der Waals surface area contributed by atoms with Gasteiger partial charge in [0.25, 0.3) is 0 Å². The van der Waals surface area contributed by atoms with Gasteiger partial charge in [-0.1, -0.05) is 44.2 Å². The lowest BCUT2D eigenvalue weighted by molar-refractivity contribution is -0.534. The quantitative estimate of drug-likeness (QED) is 0.508. The Labute approximate surface area is 170 Å². The molecule has 1 aromatic rings. The fraction of sp³-hybridized carbons (Fsp3) is 0.524. The van der Waals surface area contributed by atoms with Crippen LogP contribution in [0.5, 0.6) is 0 Å². The average Bonchev–Trinajstić information content (AvgIpc) is 2.58. The third kappa shape index (κ3) is 3.32. The standard InChI is InChI=1S/C21H22F6N2O/c1-12(14-8-6-5-7-9-14)29-13(2)28-19(20(22,23)24,21(25,26)27)17-15(29)10-18(3,4)11-16(17)30/h5-9,12H,10-11H2,1-4H3/p+1/t12-/m1/s1. The van der Waals surface area contributed by atoms with Crippen LogP contribution in [0, 0.1) is 5.41 Å². The van der Waals surface area contributed by atoms with Crippen molar-refractivity contribution in [1.29, 1.82) is 0 Å². The molecule has 1 aromatic carbocycles. The normalized spacial score (nSPS) is 22.5. The summed E-state index contributed by atoms with van der Waals surface area (Å²) in [6, 6.07) is 8.13. The second-order valence-corrected chi connectivity index (χ2v) is 8.68. The molecule has 0 aromatic heterocycles. The van der Waals surface area contributed by atoms with E-state index in [1.807, 2.05) is 0 Å². The summed E-state index contributed by atoms with van der Waals surface area (Å²) in [5, 5.41) is 1.68. The number of hydrogen-bond donors (Lipinski definition) is 1. The van der Waals surface area contributed by atoms with Gasteiger partial charge in [0, 0.05) is 19.8 Å². The molecule has 1 N–H and O–H groups in total. The van der Waals surface area contributed by atoms with Crippen LogP contribution in [0.2, 0.25) is 0 Å². The zero-order valence-corrected chi connectivity index (χ0v) is 17.0. The molecule has 2 aliphatic rings. The molecular formula is C21H23F6N2O+. The van der Waals surface area contributed by atoms with Crippen LogP contribution in [0.25, 0.3) is 0 Å². The Morgan fingerprint density at radius 1 is 1.00 bits per heavy atom. The Morgan fingerprint density at radius 2 is 1.53 bits per heavy atom. The molecule has 0 saturated carbocycles. The highest BCUT2D eigenvalue weighted by atomic mass is 19.4. The van der Waals surface area contributed by atoms with Crippen molar-refractivity contribution in [2.75, 3.05) is 0 Å². The first-order chi connectivity index (χ1) is 13.6. The van der Waals surface area contributed by atoms with Gasteiger partial charge < -0.3 is 0 Å². The molecule has 3 rings (SSSR count). The first-order valence-electron chi connectivity index (χ1n) is 9.48. The van der Waals surface area contributed by atoms with Crippen LogP contribution in [0.1, 0.15) is 52.1 Å². The largest absolute Gasteiger partial charge is 0.446 e. The van der Waals surface area contributed by atoms with Crippen molar-refractivity contribution in [2.45, 2.75) is 64.5 Å². The number of nitrogens with one attached hydrogen (secondary N) is 1. The van der Waals surface area contributed by atoms with Crippen molar-refractivity contribution in [3.05, 3.63) is 47.2 Å². The topological polar surface area (TPSA) is 32.1 Å². The molecule has 0 fully saturated rings. The van der Waals surface area contributed by atoms with Crippen molar-refractivity contribution in [3.63, 3.8) is 0 Å². The van der Waals surface area contributed by atoms with E-state index >= 15 is 0 Å². The number of alkyl halides is 6. The van der Waals surface area contributed by atoms with Crippen LogP contribution < -0.4 is 5.32 Å². The Hall–Kier alpha value is -2.32. The van der Waals surface area contributed by atoms with Gasteiger partial charge in [0.1, 0.15) is 17.3 Å². The number of allylic oxidation sites excluding steroid dienone is 1. The van der Waals surface area contributed by atoms with Gasteiger partial charge in [-0.15, -0.1) is 0 Å². The van der Waals surface area contributed by atoms with Crippen molar-refractivity contribution < 1.29 is 35.7 Å². The predicted molar refractivity (Wildman–Crippen MR) is 98.8 cm³/mol. The molecule has 0 spiro atoms. The lowest BCUT2D eigenvalue weighted by Gasteiger charge is -2.44. The van der Waals surface area contributed by atoms with Gasteiger partial charge >= 0.3 is 17.9 Å². The van der Waals surface area contributed by atoms with E-state index in [0.717, 1.165) is 0 Å². The van der Waals surface area contributed by atoms with E-state index in [1.54, 1.807) is 56.4 Å². The van der Waals surface area contributed by atoms with E-state index in [-0.39, 0.29) is 18.0 Å². The molecule has 0 bridgehead atoms. The van der Waals surface area contributed by atoms with Gasteiger partial charge in [0.2, 0.25) is 5.84 Å². The molecule has 0 amide bonds. The number of hydrogen-bond acceptors (Lipinski definition) is 2. The number of benzene rings is 1. The Balaban J connectivity index is 2.35. The second kappa shape index (κ2) is 6.85.